The van der Waals surface area contributed by atoms with E-state index >= 15 is 0 Å². The summed E-state index contributed by atoms with van der Waals surface area (Å²) in [6.07, 6.45) is 3.72. The molecule has 9 nitrogen and oxygen atoms in total. The highest BCUT2D eigenvalue weighted by Crippen LogP contribution is 2.24. The highest BCUT2D eigenvalue weighted by Gasteiger charge is 2.31. The number of amides is 5. The molecule has 148 valence electrons. The van der Waals surface area contributed by atoms with Gasteiger partial charge in [0.25, 0.3) is 5.91 Å². The third-order valence-corrected chi connectivity index (χ3v) is 4.67. The van der Waals surface area contributed by atoms with Crippen LogP contribution in [0.4, 0.5) is 4.79 Å². The predicted molar refractivity (Wildman–Crippen MR) is 96.4 cm³/mol. The van der Waals surface area contributed by atoms with Crippen LogP contribution in [0.25, 0.3) is 0 Å². The molecule has 2 rings (SSSR count). The minimum atomic E-state index is -0.859. The summed E-state index contributed by atoms with van der Waals surface area (Å²) in [7, 11) is 0. The van der Waals surface area contributed by atoms with E-state index in [2.05, 4.69) is 16.0 Å². The number of primary amides is 1. The molecule has 1 saturated carbocycles. The van der Waals surface area contributed by atoms with Crippen LogP contribution in [-0.2, 0) is 9.59 Å². The summed E-state index contributed by atoms with van der Waals surface area (Å²) in [5.74, 6) is -1.34. The molecule has 5 amide bonds. The van der Waals surface area contributed by atoms with Crippen molar-refractivity contribution < 1.29 is 23.6 Å². The standard InChI is InChI=1S/C18H26N4O5/c1-10(2)14(21-16(24)13-4-3-9-27-13)17(25)20-12-7-5-11(6-8-12)15(23)22-18(19)26/h3-4,9-12,14H,5-8H2,1-2H3,(H,20,25)(H,21,24)(H3,19,22,23,26)/t11?,12?,14-/m0/s1. The first-order valence-electron chi connectivity index (χ1n) is 9.03. The number of imide groups is 1. The van der Waals surface area contributed by atoms with E-state index in [4.69, 9.17) is 10.2 Å². The molecule has 0 unspecified atom stereocenters. The van der Waals surface area contributed by atoms with Crippen LogP contribution in [0.1, 0.15) is 50.1 Å². The maximum Gasteiger partial charge on any atom is 0.318 e. The van der Waals surface area contributed by atoms with Crippen molar-refractivity contribution >= 4 is 23.8 Å². The molecule has 0 radical (unpaired) electrons. The van der Waals surface area contributed by atoms with Gasteiger partial charge in [-0.05, 0) is 43.7 Å². The molecular formula is C18H26N4O5. The van der Waals surface area contributed by atoms with Crippen molar-refractivity contribution in [2.75, 3.05) is 0 Å². The molecule has 1 aromatic heterocycles. The van der Waals surface area contributed by atoms with Crippen molar-refractivity contribution in [2.45, 2.75) is 51.6 Å². The highest BCUT2D eigenvalue weighted by atomic mass is 16.3. The largest absolute Gasteiger partial charge is 0.459 e. The van der Waals surface area contributed by atoms with Crippen molar-refractivity contribution in [3.63, 3.8) is 0 Å². The molecule has 27 heavy (non-hydrogen) atoms. The quantitative estimate of drug-likeness (QED) is 0.581. The lowest BCUT2D eigenvalue weighted by Gasteiger charge is -2.30. The van der Waals surface area contributed by atoms with Crippen LogP contribution in [0.15, 0.2) is 22.8 Å². The van der Waals surface area contributed by atoms with Gasteiger partial charge in [0.15, 0.2) is 5.76 Å². The molecule has 1 aliphatic rings. The molecule has 1 aromatic rings. The first-order valence-corrected chi connectivity index (χ1v) is 9.03. The molecule has 5 N–H and O–H groups in total. The fraction of sp³-hybridized carbons (Fsp3) is 0.556. The van der Waals surface area contributed by atoms with Crippen molar-refractivity contribution in [1.82, 2.24) is 16.0 Å². The van der Waals surface area contributed by atoms with Crippen LogP contribution in [-0.4, -0.2) is 35.8 Å². The average Bonchev–Trinajstić information content (AvgIpc) is 3.13. The number of nitrogens with one attached hydrogen (secondary N) is 3. The second kappa shape index (κ2) is 9.20. The number of hydrogen-bond donors (Lipinski definition) is 4. The third kappa shape index (κ3) is 5.83. The van der Waals surface area contributed by atoms with E-state index in [1.807, 2.05) is 13.8 Å². The van der Waals surface area contributed by atoms with Crippen LogP contribution >= 0.6 is 0 Å². The smallest absolute Gasteiger partial charge is 0.318 e. The van der Waals surface area contributed by atoms with E-state index < -0.39 is 18.0 Å². The third-order valence-electron chi connectivity index (χ3n) is 4.67. The van der Waals surface area contributed by atoms with Crippen LogP contribution in [0.5, 0.6) is 0 Å². The monoisotopic (exact) mass is 378 g/mol. The second-order valence-electron chi connectivity index (χ2n) is 7.08. The number of carbonyl (C=O) groups excluding carboxylic acids is 4. The fourth-order valence-corrected chi connectivity index (χ4v) is 3.17. The van der Waals surface area contributed by atoms with E-state index in [9.17, 15) is 19.2 Å². The van der Waals surface area contributed by atoms with Gasteiger partial charge in [-0.3, -0.25) is 19.7 Å². The molecule has 0 saturated heterocycles. The maximum absolute atomic E-state index is 12.6. The van der Waals surface area contributed by atoms with Crippen LogP contribution in [0, 0.1) is 11.8 Å². The summed E-state index contributed by atoms with van der Waals surface area (Å²) in [5.41, 5.74) is 4.96. The zero-order valence-corrected chi connectivity index (χ0v) is 15.5. The molecule has 9 heteroatoms. The minimum absolute atomic E-state index is 0.0862. The van der Waals surface area contributed by atoms with E-state index in [1.165, 1.54) is 12.3 Å². The van der Waals surface area contributed by atoms with Gasteiger partial charge < -0.3 is 20.8 Å². The van der Waals surface area contributed by atoms with Crippen molar-refractivity contribution in [3.05, 3.63) is 24.2 Å². The van der Waals surface area contributed by atoms with E-state index in [1.54, 1.807) is 6.07 Å². The first kappa shape index (κ1) is 20.5. The average molecular weight is 378 g/mol. The Bertz CT molecular complexity index is 678. The molecule has 1 aliphatic carbocycles. The lowest BCUT2D eigenvalue weighted by atomic mass is 9.85. The van der Waals surface area contributed by atoms with Crippen molar-refractivity contribution in [3.8, 4) is 0 Å². The van der Waals surface area contributed by atoms with Gasteiger partial charge in [-0.25, -0.2) is 4.79 Å². The van der Waals surface area contributed by atoms with Crippen molar-refractivity contribution in [1.29, 1.82) is 0 Å². The zero-order chi connectivity index (χ0) is 20.0. The van der Waals surface area contributed by atoms with Crippen LogP contribution in [0.2, 0.25) is 0 Å². The summed E-state index contributed by atoms with van der Waals surface area (Å²) >= 11 is 0. The Hall–Kier alpha value is -2.84. The number of carbonyl (C=O) groups is 4. The summed E-state index contributed by atoms with van der Waals surface area (Å²) in [4.78, 5) is 47.4. The normalized spacial score (nSPS) is 20.6. The van der Waals surface area contributed by atoms with E-state index in [-0.39, 0.29) is 35.5 Å². The minimum Gasteiger partial charge on any atom is -0.459 e. The first-order chi connectivity index (χ1) is 12.8. The van der Waals surface area contributed by atoms with Gasteiger partial charge >= 0.3 is 6.03 Å². The summed E-state index contributed by atoms with van der Waals surface area (Å²) < 4.78 is 5.05. The fourth-order valence-electron chi connectivity index (χ4n) is 3.17. The van der Waals surface area contributed by atoms with Gasteiger partial charge in [-0.15, -0.1) is 0 Å². The molecule has 0 aliphatic heterocycles. The Labute approximate surface area is 157 Å². The summed E-state index contributed by atoms with van der Waals surface area (Å²) in [6, 6.07) is 1.49. The molecular weight excluding hydrogens is 352 g/mol. The molecule has 0 bridgehead atoms. The van der Waals surface area contributed by atoms with Crippen LogP contribution < -0.4 is 21.7 Å². The molecule has 1 heterocycles. The zero-order valence-electron chi connectivity index (χ0n) is 15.5. The lowest BCUT2D eigenvalue weighted by molar-refractivity contribution is -0.125. The Morgan fingerprint density at radius 2 is 1.81 bits per heavy atom. The van der Waals surface area contributed by atoms with Gasteiger partial charge in [-0.2, -0.15) is 0 Å². The molecule has 0 aromatic carbocycles. The molecule has 1 atom stereocenters. The molecule has 1 fully saturated rings. The Morgan fingerprint density at radius 1 is 1.15 bits per heavy atom. The Kier molecular flexibility index (Phi) is 6.98. The second-order valence-corrected chi connectivity index (χ2v) is 7.08. The number of rotatable bonds is 6. The van der Waals surface area contributed by atoms with Gasteiger partial charge in [-0.1, -0.05) is 13.8 Å². The summed E-state index contributed by atoms with van der Waals surface area (Å²) in [6.45, 7) is 3.69. The van der Waals surface area contributed by atoms with Gasteiger partial charge in [0.1, 0.15) is 6.04 Å². The van der Waals surface area contributed by atoms with Crippen LogP contribution in [0.3, 0.4) is 0 Å². The lowest BCUT2D eigenvalue weighted by Crippen LogP contribution is -2.53. The van der Waals surface area contributed by atoms with Gasteiger partial charge in [0.05, 0.1) is 6.26 Å². The SMILES string of the molecule is CC(C)[C@H](NC(=O)c1ccco1)C(=O)NC1CCC(C(=O)NC(N)=O)CC1. The Morgan fingerprint density at radius 3 is 2.33 bits per heavy atom. The number of furan rings is 1. The predicted octanol–water partition coefficient (Wildman–Crippen LogP) is 0.904. The van der Waals surface area contributed by atoms with Gasteiger partial charge in [0.2, 0.25) is 11.8 Å². The number of nitrogens with two attached hydrogens (primary N) is 1. The summed E-state index contributed by atoms with van der Waals surface area (Å²) in [5, 5.41) is 7.73. The number of hydrogen-bond acceptors (Lipinski definition) is 5. The topological polar surface area (TPSA) is 144 Å². The highest BCUT2D eigenvalue weighted by molar-refractivity contribution is 5.96. The number of urea groups is 1. The maximum atomic E-state index is 12.6. The molecule has 0 spiro atoms. The Balaban J connectivity index is 1.86. The van der Waals surface area contributed by atoms with Crippen molar-refractivity contribution in [2.24, 2.45) is 17.6 Å². The van der Waals surface area contributed by atoms with E-state index in [0.29, 0.717) is 25.7 Å². The van der Waals surface area contributed by atoms with Gasteiger partial charge in [0, 0.05) is 12.0 Å². The van der Waals surface area contributed by atoms with E-state index in [0.717, 1.165) is 0 Å².